The highest BCUT2D eigenvalue weighted by Gasteiger charge is 2.28. The molecular weight excluding hydrogens is 188 g/mol. The lowest BCUT2D eigenvalue weighted by molar-refractivity contribution is -0.127. The van der Waals surface area contributed by atoms with Crippen LogP contribution in [0.4, 0.5) is 0 Å². The van der Waals surface area contributed by atoms with Gasteiger partial charge in [-0.1, -0.05) is 13.8 Å². The minimum Gasteiger partial charge on any atom is -0.342 e. The van der Waals surface area contributed by atoms with Gasteiger partial charge in [0.05, 0.1) is 0 Å². The fraction of sp³-hybridized carbons (Fsp3) is 0.917. The molecule has 0 spiro atoms. The molecule has 1 aliphatic heterocycles. The fourth-order valence-corrected chi connectivity index (χ4v) is 2.34. The molecule has 1 saturated heterocycles. The number of nitrogens with one attached hydrogen (secondary N) is 1. The number of likely N-dealkylation sites (tertiary alicyclic amines) is 1. The third-order valence-electron chi connectivity index (χ3n) is 2.95. The number of nitrogens with zero attached hydrogens (tertiary/aromatic N) is 1. The largest absolute Gasteiger partial charge is 0.342 e. The minimum absolute atomic E-state index is 0.358. The smallest absolute Gasteiger partial charge is 0.222 e. The lowest BCUT2D eigenvalue weighted by Crippen LogP contribution is -2.28. The van der Waals surface area contributed by atoms with E-state index in [0.29, 0.717) is 17.7 Å². The van der Waals surface area contributed by atoms with Gasteiger partial charge in [-0.25, -0.2) is 0 Å². The van der Waals surface area contributed by atoms with Crippen LogP contribution < -0.4 is 5.32 Å². The highest BCUT2D eigenvalue weighted by molar-refractivity contribution is 5.78. The van der Waals surface area contributed by atoms with Crippen molar-refractivity contribution in [3.63, 3.8) is 0 Å². The van der Waals surface area contributed by atoms with Crippen molar-refractivity contribution in [1.29, 1.82) is 0 Å². The summed E-state index contributed by atoms with van der Waals surface area (Å²) in [5.41, 5.74) is 0. The molecule has 1 amide bonds. The Balaban J connectivity index is 2.26. The number of amides is 1. The lowest BCUT2D eigenvalue weighted by atomic mass is 9.96. The van der Waals surface area contributed by atoms with Crippen LogP contribution in [0.1, 0.15) is 33.1 Å². The lowest BCUT2D eigenvalue weighted by Gasteiger charge is -2.17. The fourth-order valence-electron chi connectivity index (χ4n) is 2.34. The first-order valence-electron chi connectivity index (χ1n) is 6.05. The van der Waals surface area contributed by atoms with E-state index in [4.69, 9.17) is 0 Å². The summed E-state index contributed by atoms with van der Waals surface area (Å²) in [6.45, 7) is 7.37. The predicted octanol–water partition coefficient (Wildman–Crippen LogP) is 1.49. The van der Waals surface area contributed by atoms with Gasteiger partial charge in [-0.05, 0) is 38.3 Å². The molecule has 15 heavy (non-hydrogen) atoms. The summed E-state index contributed by atoms with van der Waals surface area (Å²) in [7, 11) is 1.95. The van der Waals surface area contributed by atoms with E-state index in [1.54, 1.807) is 0 Å². The van der Waals surface area contributed by atoms with Gasteiger partial charge < -0.3 is 10.2 Å². The molecule has 0 aromatic carbocycles. The van der Waals surface area contributed by atoms with Crippen molar-refractivity contribution < 1.29 is 4.79 Å². The molecule has 1 heterocycles. The average molecular weight is 212 g/mol. The van der Waals surface area contributed by atoms with Gasteiger partial charge in [0.1, 0.15) is 0 Å². The van der Waals surface area contributed by atoms with Gasteiger partial charge in [-0.3, -0.25) is 4.79 Å². The van der Waals surface area contributed by atoms with Crippen LogP contribution in [0.25, 0.3) is 0 Å². The van der Waals surface area contributed by atoms with E-state index in [1.165, 1.54) is 6.42 Å². The Kier molecular flexibility index (Phi) is 5.09. The maximum atomic E-state index is 11.7. The van der Waals surface area contributed by atoms with Crippen LogP contribution in [0.15, 0.2) is 0 Å². The van der Waals surface area contributed by atoms with Crippen LogP contribution >= 0.6 is 0 Å². The van der Waals surface area contributed by atoms with Gasteiger partial charge in [-0.2, -0.15) is 0 Å². The second-order valence-electron chi connectivity index (χ2n) is 5.00. The summed E-state index contributed by atoms with van der Waals surface area (Å²) >= 11 is 0. The average Bonchev–Trinajstić information content (AvgIpc) is 2.46. The number of carbonyl (C=O) groups is 1. The zero-order valence-corrected chi connectivity index (χ0v) is 10.3. The van der Waals surface area contributed by atoms with E-state index < -0.39 is 0 Å². The third kappa shape index (κ3) is 4.20. The zero-order chi connectivity index (χ0) is 11.3. The minimum atomic E-state index is 0.358. The molecule has 0 radical (unpaired) electrons. The molecule has 0 aliphatic carbocycles. The summed E-state index contributed by atoms with van der Waals surface area (Å²) in [5.74, 6) is 1.67. The second kappa shape index (κ2) is 6.11. The first kappa shape index (κ1) is 12.5. The highest BCUT2D eigenvalue weighted by Crippen LogP contribution is 2.24. The number of carbonyl (C=O) groups excluding carboxylic acids is 1. The predicted molar refractivity (Wildman–Crippen MR) is 62.7 cm³/mol. The van der Waals surface area contributed by atoms with Gasteiger partial charge in [0.2, 0.25) is 5.91 Å². The SMILES string of the molecule is CNCCCN1CC(CC(C)C)CC1=O. The quantitative estimate of drug-likeness (QED) is 0.677. The molecule has 0 bridgehead atoms. The molecule has 1 N–H and O–H groups in total. The molecule has 1 fully saturated rings. The van der Waals surface area contributed by atoms with Crippen LogP contribution in [0.2, 0.25) is 0 Å². The molecule has 0 saturated carbocycles. The number of hydrogen-bond donors (Lipinski definition) is 1. The normalized spacial score (nSPS) is 21.7. The van der Waals surface area contributed by atoms with Crippen molar-refractivity contribution in [2.75, 3.05) is 26.7 Å². The first-order chi connectivity index (χ1) is 7.13. The highest BCUT2D eigenvalue weighted by atomic mass is 16.2. The zero-order valence-electron chi connectivity index (χ0n) is 10.3. The summed E-state index contributed by atoms with van der Waals surface area (Å²) in [6.07, 6.45) is 3.03. The third-order valence-corrected chi connectivity index (χ3v) is 2.95. The van der Waals surface area contributed by atoms with Gasteiger partial charge in [0, 0.05) is 19.5 Å². The van der Waals surface area contributed by atoms with Crippen LogP contribution in [-0.2, 0) is 4.79 Å². The molecule has 1 rings (SSSR count). The summed E-state index contributed by atoms with van der Waals surface area (Å²) in [4.78, 5) is 13.7. The second-order valence-corrected chi connectivity index (χ2v) is 5.00. The maximum absolute atomic E-state index is 11.7. The van der Waals surface area contributed by atoms with E-state index >= 15 is 0 Å². The Morgan fingerprint density at radius 1 is 1.53 bits per heavy atom. The molecule has 3 heteroatoms. The summed E-state index contributed by atoms with van der Waals surface area (Å²) in [5, 5.41) is 3.11. The molecule has 0 aromatic rings. The first-order valence-corrected chi connectivity index (χ1v) is 6.05. The van der Waals surface area contributed by atoms with Crippen LogP contribution in [0.5, 0.6) is 0 Å². The molecule has 88 valence electrons. The van der Waals surface area contributed by atoms with Crippen molar-refractivity contribution >= 4 is 5.91 Å². The number of hydrogen-bond acceptors (Lipinski definition) is 2. The molecule has 1 aliphatic rings. The van der Waals surface area contributed by atoms with Crippen LogP contribution in [0, 0.1) is 11.8 Å². The van der Waals surface area contributed by atoms with Crippen molar-refractivity contribution in [2.45, 2.75) is 33.1 Å². The van der Waals surface area contributed by atoms with E-state index in [0.717, 1.165) is 32.5 Å². The van der Waals surface area contributed by atoms with Gasteiger partial charge in [0.25, 0.3) is 0 Å². The molecule has 3 nitrogen and oxygen atoms in total. The van der Waals surface area contributed by atoms with E-state index in [2.05, 4.69) is 19.2 Å². The Labute approximate surface area is 93.2 Å². The van der Waals surface area contributed by atoms with Crippen molar-refractivity contribution in [1.82, 2.24) is 10.2 Å². The van der Waals surface area contributed by atoms with Crippen LogP contribution in [0.3, 0.4) is 0 Å². The van der Waals surface area contributed by atoms with Crippen molar-refractivity contribution in [3.8, 4) is 0 Å². The molecule has 1 atom stereocenters. The van der Waals surface area contributed by atoms with Crippen LogP contribution in [-0.4, -0.2) is 37.5 Å². The summed E-state index contributed by atoms with van der Waals surface area (Å²) < 4.78 is 0. The van der Waals surface area contributed by atoms with Gasteiger partial charge in [-0.15, -0.1) is 0 Å². The Morgan fingerprint density at radius 3 is 2.87 bits per heavy atom. The van der Waals surface area contributed by atoms with Crippen molar-refractivity contribution in [3.05, 3.63) is 0 Å². The summed E-state index contributed by atoms with van der Waals surface area (Å²) in [6, 6.07) is 0. The Morgan fingerprint density at radius 2 is 2.27 bits per heavy atom. The Hall–Kier alpha value is -0.570. The van der Waals surface area contributed by atoms with E-state index in [1.807, 2.05) is 11.9 Å². The topological polar surface area (TPSA) is 32.3 Å². The van der Waals surface area contributed by atoms with E-state index in [-0.39, 0.29) is 0 Å². The van der Waals surface area contributed by atoms with Crippen molar-refractivity contribution in [2.24, 2.45) is 11.8 Å². The van der Waals surface area contributed by atoms with Gasteiger partial charge in [0.15, 0.2) is 0 Å². The van der Waals surface area contributed by atoms with E-state index in [9.17, 15) is 4.79 Å². The number of rotatable bonds is 6. The maximum Gasteiger partial charge on any atom is 0.222 e. The molecular formula is C12H24N2O. The monoisotopic (exact) mass is 212 g/mol. The van der Waals surface area contributed by atoms with Gasteiger partial charge >= 0.3 is 0 Å². The molecule has 1 unspecified atom stereocenters. The Bertz CT molecular complexity index is 204. The molecule has 0 aromatic heterocycles. The standard InChI is InChI=1S/C12H24N2O/c1-10(2)7-11-8-12(15)14(9-11)6-4-5-13-3/h10-11,13H,4-9H2,1-3H3.